The summed E-state index contributed by atoms with van der Waals surface area (Å²) < 4.78 is 5.16. The minimum absolute atomic E-state index is 0.226. The number of esters is 1. The first kappa shape index (κ1) is 13.7. The lowest BCUT2D eigenvalue weighted by molar-refractivity contribution is -0.137. The molecule has 0 aliphatic heterocycles. The van der Waals surface area contributed by atoms with Crippen molar-refractivity contribution in [2.75, 3.05) is 14.1 Å². The van der Waals surface area contributed by atoms with Gasteiger partial charge in [0.25, 0.3) is 0 Å². The van der Waals surface area contributed by atoms with Gasteiger partial charge in [-0.15, -0.1) is 0 Å². The summed E-state index contributed by atoms with van der Waals surface area (Å²) in [7, 11) is 3.84. The molecule has 1 atom stereocenters. The van der Waals surface area contributed by atoms with Gasteiger partial charge >= 0.3 is 5.97 Å². The van der Waals surface area contributed by atoms with Crippen molar-refractivity contribution in [2.45, 2.75) is 39.5 Å². The number of carbonyl (C=O) groups excluding carboxylic acids is 1. The Kier molecular flexibility index (Phi) is 5.19. The standard InChI is InChI=1S/C13H22N2O2/c1-10(14-15(3)4)8-12-6-5-7-13(9-12)17-11(2)16/h9,12H,5-8H2,1-4H3/b14-10+. The first-order valence-electron chi connectivity index (χ1n) is 6.08. The zero-order valence-corrected chi connectivity index (χ0v) is 11.2. The number of ether oxygens (including phenoxy) is 1. The van der Waals surface area contributed by atoms with E-state index in [0.29, 0.717) is 5.92 Å². The topological polar surface area (TPSA) is 41.9 Å². The predicted octanol–water partition coefficient (Wildman–Crippen LogP) is 2.56. The highest BCUT2D eigenvalue weighted by atomic mass is 16.5. The van der Waals surface area contributed by atoms with Gasteiger partial charge < -0.3 is 9.75 Å². The molecule has 4 nitrogen and oxygen atoms in total. The molecular weight excluding hydrogens is 216 g/mol. The molecule has 0 aromatic rings. The van der Waals surface area contributed by atoms with E-state index in [-0.39, 0.29) is 5.97 Å². The lowest BCUT2D eigenvalue weighted by atomic mass is 9.90. The van der Waals surface area contributed by atoms with Crippen molar-refractivity contribution in [2.24, 2.45) is 11.0 Å². The molecule has 0 spiro atoms. The zero-order valence-electron chi connectivity index (χ0n) is 11.2. The molecule has 96 valence electrons. The van der Waals surface area contributed by atoms with Crippen molar-refractivity contribution in [1.82, 2.24) is 5.01 Å². The Hall–Kier alpha value is -1.32. The van der Waals surface area contributed by atoms with Gasteiger partial charge in [0.15, 0.2) is 0 Å². The number of allylic oxidation sites excluding steroid dienone is 2. The Balaban J connectivity index is 2.57. The van der Waals surface area contributed by atoms with Gasteiger partial charge in [-0.2, -0.15) is 5.10 Å². The number of carbonyl (C=O) groups is 1. The highest BCUT2D eigenvalue weighted by molar-refractivity contribution is 5.82. The van der Waals surface area contributed by atoms with E-state index < -0.39 is 0 Å². The molecule has 0 bridgehead atoms. The van der Waals surface area contributed by atoms with Gasteiger partial charge in [0.05, 0.1) is 0 Å². The summed E-state index contributed by atoms with van der Waals surface area (Å²) in [6.07, 6.45) is 6.12. The van der Waals surface area contributed by atoms with Gasteiger partial charge in [-0.25, -0.2) is 0 Å². The molecule has 0 aromatic carbocycles. The first-order chi connectivity index (χ1) is 7.97. The fourth-order valence-electron chi connectivity index (χ4n) is 2.16. The number of hydrazone groups is 1. The van der Waals surface area contributed by atoms with Crippen LogP contribution in [0.2, 0.25) is 0 Å². The van der Waals surface area contributed by atoms with E-state index in [1.165, 1.54) is 6.92 Å². The maximum Gasteiger partial charge on any atom is 0.307 e. The molecule has 0 aromatic heterocycles. The Morgan fingerprint density at radius 3 is 2.82 bits per heavy atom. The van der Waals surface area contributed by atoms with Gasteiger partial charge in [-0.1, -0.05) is 0 Å². The van der Waals surface area contributed by atoms with E-state index in [2.05, 4.69) is 11.2 Å². The summed E-state index contributed by atoms with van der Waals surface area (Å²) in [6, 6.07) is 0. The molecule has 1 aliphatic rings. The maximum atomic E-state index is 10.9. The SMILES string of the molecule is CC(=O)OC1=CC(C/C(C)=N/N(C)C)CCC1. The minimum atomic E-state index is -0.226. The lowest BCUT2D eigenvalue weighted by Gasteiger charge is -2.20. The van der Waals surface area contributed by atoms with E-state index in [4.69, 9.17) is 4.74 Å². The van der Waals surface area contributed by atoms with Crippen LogP contribution in [0.4, 0.5) is 0 Å². The summed E-state index contributed by atoms with van der Waals surface area (Å²) in [5.41, 5.74) is 1.11. The van der Waals surface area contributed by atoms with Crippen molar-refractivity contribution in [3.63, 3.8) is 0 Å². The molecule has 0 saturated heterocycles. The molecule has 17 heavy (non-hydrogen) atoms. The van der Waals surface area contributed by atoms with Crippen LogP contribution in [0.25, 0.3) is 0 Å². The third-order valence-electron chi connectivity index (χ3n) is 2.62. The van der Waals surface area contributed by atoms with Crippen LogP contribution in [-0.4, -0.2) is 30.8 Å². The van der Waals surface area contributed by atoms with Crippen molar-refractivity contribution in [1.29, 1.82) is 0 Å². The highest BCUT2D eigenvalue weighted by Crippen LogP contribution is 2.26. The van der Waals surface area contributed by atoms with Gasteiger partial charge in [0, 0.05) is 33.2 Å². The van der Waals surface area contributed by atoms with Gasteiger partial charge in [0.2, 0.25) is 0 Å². The van der Waals surface area contributed by atoms with Gasteiger partial charge in [0.1, 0.15) is 5.76 Å². The molecule has 1 aliphatic carbocycles. The molecule has 0 radical (unpaired) electrons. The van der Waals surface area contributed by atoms with Crippen LogP contribution >= 0.6 is 0 Å². The fourth-order valence-corrected chi connectivity index (χ4v) is 2.16. The summed E-state index contributed by atoms with van der Waals surface area (Å²) in [6.45, 7) is 3.48. The molecule has 0 fully saturated rings. The van der Waals surface area contributed by atoms with Crippen LogP contribution in [-0.2, 0) is 9.53 Å². The third-order valence-corrected chi connectivity index (χ3v) is 2.62. The first-order valence-corrected chi connectivity index (χ1v) is 6.08. The highest BCUT2D eigenvalue weighted by Gasteiger charge is 2.16. The summed E-state index contributed by atoms with van der Waals surface area (Å²) in [5, 5.41) is 6.18. The number of nitrogens with zero attached hydrogens (tertiary/aromatic N) is 2. The van der Waals surface area contributed by atoms with Crippen LogP contribution in [0, 0.1) is 5.92 Å². The Bertz CT molecular complexity index is 332. The molecule has 1 rings (SSSR count). The largest absolute Gasteiger partial charge is 0.432 e. The number of hydrogen-bond donors (Lipinski definition) is 0. The summed E-state index contributed by atoms with van der Waals surface area (Å²) >= 11 is 0. The normalized spacial score (nSPS) is 20.8. The monoisotopic (exact) mass is 238 g/mol. The smallest absolute Gasteiger partial charge is 0.307 e. The van der Waals surface area contributed by atoms with Crippen LogP contribution < -0.4 is 0 Å². The molecule has 0 saturated carbocycles. The minimum Gasteiger partial charge on any atom is -0.432 e. The van der Waals surface area contributed by atoms with Crippen LogP contribution in [0.5, 0.6) is 0 Å². The predicted molar refractivity (Wildman–Crippen MR) is 68.6 cm³/mol. The van der Waals surface area contributed by atoms with Gasteiger partial charge in [-0.05, 0) is 38.2 Å². The molecule has 0 heterocycles. The molecule has 0 N–H and O–H groups in total. The van der Waals surface area contributed by atoms with E-state index >= 15 is 0 Å². The Morgan fingerprint density at radius 1 is 1.53 bits per heavy atom. The second kappa shape index (κ2) is 6.42. The van der Waals surface area contributed by atoms with E-state index in [1.807, 2.05) is 26.0 Å². The fraction of sp³-hybridized carbons (Fsp3) is 0.692. The van der Waals surface area contributed by atoms with E-state index in [9.17, 15) is 4.79 Å². The van der Waals surface area contributed by atoms with E-state index in [1.54, 1.807) is 0 Å². The average molecular weight is 238 g/mol. The second-order valence-corrected chi connectivity index (χ2v) is 4.77. The van der Waals surface area contributed by atoms with Crippen molar-refractivity contribution >= 4 is 11.7 Å². The molecule has 4 heteroatoms. The second-order valence-electron chi connectivity index (χ2n) is 4.77. The zero-order chi connectivity index (χ0) is 12.8. The van der Waals surface area contributed by atoms with Crippen LogP contribution in [0.1, 0.15) is 39.5 Å². The molecular formula is C13H22N2O2. The van der Waals surface area contributed by atoms with Crippen molar-refractivity contribution < 1.29 is 9.53 Å². The van der Waals surface area contributed by atoms with Gasteiger partial charge in [-0.3, -0.25) is 4.79 Å². The average Bonchev–Trinajstić information content (AvgIpc) is 2.14. The lowest BCUT2D eigenvalue weighted by Crippen LogP contribution is -2.13. The van der Waals surface area contributed by atoms with Crippen LogP contribution in [0.15, 0.2) is 16.9 Å². The summed E-state index contributed by atoms with van der Waals surface area (Å²) in [4.78, 5) is 10.9. The summed E-state index contributed by atoms with van der Waals surface area (Å²) in [5.74, 6) is 1.05. The number of hydrogen-bond acceptors (Lipinski definition) is 4. The third kappa shape index (κ3) is 5.52. The maximum absolute atomic E-state index is 10.9. The van der Waals surface area contributed by atoms with Crippen molar-refractivity contribution in [3.8, 4) is 0 Å². The van der Waals surface area contributed by atoms with E-state index in [0.717, 1.165) is 37.2 Å². The molecule has 1 unspecified atom stereocenters. The van der Waals surface area contributed by atoms with Crippen LogP contribution in [0.3, 0.4) is 0 Å². The number of rotatable bonds is 4. The molecule has 0 amide bonds. The van der Waals surface area contributed by atoms with Crippen molar-refractivity contribution in [3.05, 3.63) is 11.8 Å². The quantitative estimate of drug-likeness (QED) is 0.429. The Labute approximate surface area is 103 Å². The Morgan fingerprint density at radius 2 is 2.24 bits per heavy atom.